The maximum atomic E-state index is 5.92. The summed E-state index contributed by atoms with van der Waals surface area (Å²) in [6.45, 7) is 7.71. The Hall–Kier alpha value is -1.70. The highest BCUT2D eigenvalue weighted by molar-refractivity contribution is 5.94. The topological polar surface area (TPSA) is 18.5 Å². The number of hydrogen-bond acceptors (Lipinski definition) is 2. The molecule has 0 N–H and O–H groups in total. The summed E-state index contributed by atoms with van der Waals surface area (Å²) in [5.41, 5.74) is 1.13. The molecule has 0 aliphatic rings. The van der Waals surface area contributed by atoms with Crippen LogP contribution in [0.3, 0.4) is 0 Å². The number of benzene rings is 2. The first-order valence-electron chi connectivity index (χ1n) is 7.05. The molecule has 0 aliphatic carbocycles. The van der Waals surface area contributed by atoms with E-state index in [0.29, 0.717) is 6.61 Å². The van der Waals surface area contributed by atoms with Gasteiger partial charge < -0.3 is 9.47 Å². The van der Waals surface area contributed by atoms with Gasteiger partial charge in [-0.2, -0.15) is 0 Å². The fraction of sp³-hybridized carbons (Fsp3) is 0.412. The van der Waals surface area contributed by atoms with Gasteiger partial charge in [-0.15, -0.1) is 0 Å². The lowest BCUT2D eigenvalue weighted by molar-refractivity contribution is 0.311. The highest BCUT2D eigenvalue weighted by atomic mass is 16.5. The lowest BCUT2D eigenvalue weighted by atomic mass is 10.0. The maximum Gasteiger partial charge on any atom is 0.130 e. The van der Waals surface area contributed by atoms with Gasteiger partial charge in [0.2, 0.25) is 0 Å². The molecule has 0 unspecified atom stereocenters. The molecular weight excluding hydrogens is 236 g/mol. The summed E-state index contributed by atoms with van der Waals surface area (Å²) >= 11 is 0. The molecule has 19 heavy (non-hydrogen) atoms. The monoisotopic (exact) mass is 258 g/mol. The Bertz CT molecular complexity index is 546. The number of hydrogen-bond donors (Lipinski definition) is 0. The molecular formula is C17H22O2. The zero-order valence-corrected chi connectivity index (χ0v) is 12.0. The lowest BCUT2D eigenvalue weighted by Crippen LogP contribution is -2.00. The zero-order valence-electron chi connectivity index (χ0n) is 12.0. The fourth-order valence-corrected chi connectivity index (χ4v) is 2.23. The molecule has 0 saturated heterocycles. The Balaban J connectivity index is 2.45. The van der Waals surface area contributed by atoms with Crippen molar-refractivity contribution in [1.29, 1.82) is 0 Å². The van der Waals surface area contributed by atoms with Crippen LogP contribution in [-0.2, 0) is 0 Å². The van der Waals surface area contributed by atoms with Gasteiger partial charge in [0.1, 0.15) is 11.5 Å². The zero-order chi connectivity index (χ0) is 13.7. The highest BCUT2D eigenvalue weighted by Gasteiger charge is 2.11. The summed E-state index contributed by atoms with van der Waals surface area (Å²) in [4.78, 5) is 0. The third kappa shape index (κ3) is 3.01. The van der Waals surface area contributed by atoms with Crippen molar-refractivity contribution in [2.75, 3.05) is 13.2 Å². The van der Waals surface area contributed by atoms with Gasteiger partial charge in [-0.1, -0.05) is 37.6 Å². The van der Waals surface area contributed by atoms with Gasteiger partial charge in [0.15, 0.2) is 0 Å². The van der Waals surface area contributed by atoms with Crippen LogP contribution in [0.25, 0.3) is 10.8 Å². The quantitative estimate of drug-likeness (QED) is 0.698. The second kappa shape index (κ2) is 6.46. The molecule has 0 amide bonds. The van der Waals surface area contributed by atoms with Crippen LogP contribution in [0.15, 0.2) is 30.3 Å². The third-order valence-electron chi connectivity index (χ3n) is 3.19. The standard InChI is InChI=1S/C17H22O2/c1-4-6-11-19-16-12-13(3)17(18-5-2)15-10-8-7-9-14(15)16/h7-10,12H,4-6,11H2,1-3H3. The summed E-state index contributed by atoms with van der Waals surface area (Å²) in [6.07, 6.45) is 2.23. The molecule has 0 atom stereocenters. The molecule has 0 aromatic heterocycles. The van der Waals surface area contributed by atoms with Crippen molar-refractivity contribution in [3.05, 3.63) is 35.9 Å². The predicted molar refractivity (Wildman–Crippen MR) is 80.3 cm³/mol. The van der Waals surface area contributed by atoms with Crippen molar-refractivity contribution in [2.45, 2.75) is 33.6 Å². The first kappa shape index (κ1) is 13.7. The van der Waals surface area contributed by atoms with Crippen LogP contribution in [0, 0.1) is 6.92 Å². The Morgan fingerprint density at radius 3 is 2.42 bits per heavy atom. The van der Waals surface area contributed by atoms with E-state index in [1.54, 1.807) is 0 Å². The molecule has 0 heterocycles. The molecule has 0 saturated carbocycles. The van der Waals surface area contributed by atoms with E-state index in [-0.39, 0.29) is 0 Å². The van der Waals surface area contributed by atoms with Crippen LogP contribution < -0.4 is 9.47 Å². The number of ether oxygens (including phenoxy) is 2. The second-order valence-electron chi connectivity index (χ2n) is 4.70. The molecule has 2 aromatic carbocycles. The highest BCUT2D eigenvalue weighted by Crippen LogP contribution is 2.36. The van der Waals surface area contributed by atoms with Crippen molar-refractivity contribution in [1.82, 2.24) is 0 Å². The van der Waals surface area contributed by atoms with Crippen LogP contribution in [0.4, 0.5) is 0 Å². The SMILES string of the molecule is CCCCOc1cc(C)c(OCC)c2ccccc12. The molecule has 0 aliphatic heterocycles. The van der Waals surface area contributed by atoms with Crippen LogP contribution in [-0.4, -0.2) is 13.2 Å². The maximum absolute atomic E-state index is 5.92. The van der Waals surface area contributed by atoms with Gasteiger partial charge >= 0.3 is 0 Å². The molecule has 2 nitrogen and oxygen atoms in total. The number of unbranched alkanes of at least 4 members (excludes halogenated alkanes) is 1. The van der Waals surface area contributed by atoms with E-state index < -0.39 is 0 Å². The van der Waals surface area contributed by atoms with Crippen molar-refractivity contribution >= 4 is 10.8 Å². The lowest BCUT2D eigenvalue weighted by Gasteiger charge is -2.15. The van der Waals surface area contributed by atoms with E-state index >= 15 is 0 Å². The fourth-order valence-electron chi connectivity index (χ4n) is 2.23. The largest absolute Gasteiger partial charge is 0.493 e. The van der Waals surface area contributed by atoms with Crippen LogP contribution in [0.1, 0.15) is 32.3 Å². The summed E-state index contributed by atoms with van der Waals surface area (Å²) in [5, 5.41) is 2.27. The van der Waals surface area contributed by atoms with Crippen LogP contribution >= 0.6 is 0 Å². The molecule has 0 fully saturated rings. The van der Waals surface area contributed by atoms with Gasteiger partial charge in [-0.3, -0.25) is 0 Å². The van der Waals surface area contributed by atoms with Crippen LogP contribution in [0.5, 0.6) is 11.5 Å². The van der Waals surface area contributed by atoms with E-state index in [9.17, 15) is 0 Å². The minimum Gasteiger partial charge on any atom is -0.493 e. The van der Waals surface area contributed by atoms with E-state index in [2.05, 4.69) is 32.0 Å². The van der Waals surface area contributed by atoms with E-state index in [0.717, 1.165) is 47.3 Å². The summed E-state index contributed by atoms with van der Waals surface area (Å²) in [6, 6.07) is 10.4. The van der Waals surface area contributed by atoms with Crippen molar-refractivity contribution in [2.24, 2.45) is 0 Å². The van der Waals surface area contributed by atoms with E-state index in [1.165, 1.54) is 0 Å². The molecule has 102 valence electrons. The third-order valence-corrected chi connectivity index (χ3v) is 3.19. The normalized spacial score (nSPS) is 10.7. The molecule has 0 radical (unpaired) electrons. The summed E-state index contributed by atoms with van der Waals surface area (Å²) in [7, 11) is 0. The second-order valence-corrected chi connectivity index (χ2v) is 4.70. The Morgan fingerprint density at radius 1 is 1.00 bits per heavy atom. The molecule has 2 rings (SSSR count). The van der Waals surface area contributed by atoms with Crippen molar-refractivity contribution in [3.63, 3.8) is 0 Å². The first-order chi connectivity index (χ1) is 9.27. The average Bonchev–Trinajstić information content (AvgIpc) is 2.43. The Kier molecular flexibility index (Phi) is 4.67. The first-order valence-corrected chi connectivity index (χ1v) is 7.05. The van der Waals surface area contributed by atoms with Gasteiger partial charge in [-0.25, -0.2) is 0 Å². The molecule has 0 bridgehead atoms. The summed E-state index contributed by atoms with van der Waals surface area (Å²) in [5.74, 6) is 1.94. The smallest absolute Gasteiger partial charge is 0.130 e. The van der Waals surface area contributed by atoms with E-state index in [4.69, 9.17) is 9.47 Å². The van der Waals surface area contributed by atoms with Crippen molar-refractivity contribution < 1.29 is 9.47 Å². The van der Waals surface area contributed by atoms with Gasteiger partial charge in [0.25, 0.3) is 0 Å². The Labute approximate surface area is 115 Å². The van der Waals surface area contributed by atoms with Gasteiger partial charge in [0, 0.05) is 10.8 Å². The van der Waals surface area contributed by atoms with Crippen LogP contribution in [0.2, 0.25) is 0 Å². The number of aryl methyl sites for hydroxylation is 1. The summed E-state index contributed by atoms with van der Waals surface area (Å²) < 4.78 is 11.7. The Morgan fingerprint density at radius 2 is 1.74 bits per heavy atom. The predicted octanol–water partition coefficient (Wildman–Crippen LogP) is 4.73. The van der Waals surface area contributed by atoms with Gasteiger partial charge in [0.05, 0.1) is 13.2 Å². The number of fused-ring (bicyclic) bond motifs is 1. The average molecular weight is 258 g/mol. The van der Waals surface area contributed by atoms with Crippen molar-refractivity contribution in [3.8, 4) is 11.5 Å². The molecule has 0 spiro atoms. The number of rotatable bonds is 6. The minimum atomic E-state index is 0.681. The molecule has 2 heteroatoms. The molecule has 2 aromatic rings. The van der Waals surface area contributed by atoms with E-state index in [1.807, 2.05) is 19.1 Å². The minimum absolute atomic E-state index is 0.681. The van der Waals surface area contributed by atoms with Gasteiger partial charge in [-0.05, 0) is 31.9 Å².